The van der Waals surface area contributed by atoms with Gasteiger partial charge in [-0.1, -0.05) is 146 Å². The van der Waals surface area contributed by atoms with E-state index in [1.54, 1.807) is 0 Å². The van der Waals surface area contributed by atoms with Crippen molar-refractivity contribution in [1.29, 1.82) is 0 Å². The molecule has 0 aliphatic rings. The zero-order valence-corrected chi connectivity index (χ0v) is 30.2. The SMILES string of the molecule is c1ccc(-c2cc(-c3ccccc3)c3c4ccccc4n(-c4cccc(-c5nc(-c6ccccc6)nc(-c6ccc7c(c6)oc6ccccc67)n5)c4)c3c2)cc1. The molecule has 262 valence electrons. The molecule has 0 unspecified atom stereocenters. The Labute approximate surface area is 322 Å². The first-order valence-electron chi connectivity index (χ1n) is 18.8. The van der Waals surface area contributed by atoms with Crippen LogP contribution in [0.15, 0.2) is 199 Å². The van der Waals surface area contributed by atoms with Crippen LogP contribution in [0.3, 0.4) is 0 Å². The highest BCUT2D eigenvalue weighted by molar-refractivity contribution is 6.17. The van der Waals surface area contributed by atoms with Gasteiger partial charge in [0.05, 0.1) is 11.0 Å². The fourth-order valence-corrected chi connectivity index (χ4v) is 8.02. The number of hydrogen-bond donors (Lipinski definition) is 0. The monoisotopic (exact) mass is 716 g/mol. The molecule has 0 aliphatic heterocycles. The van der Waals surface area contributed by atoms with Gasteiger partial charge in [0.15, 0.2) is 17.5 Å². The van der Waals surface area contributed by atoms with Gasteiger partial charge in [0, 0.05) is 43.9 Å². The van der Waals surface area contributed by atoms with Crippen molar-refractivity contribution in [2.24, 2.45) is 0 Å². The van der Waals surface area contributed by atoms with Crippen molar-refractivity contribution in [3.63, 3.8) is 0 Å². The Bertz CT molecular complexity index is 3240. The van der Waals surface area contributed by atoms with Gasteiger partial charge in [-0.05, 0) is 70.8 Å². The van der Waals surface area contributed by atoms with Crippen molar-refractivity contribution in [3.05, 3.63) is 194 Å². The van der Waals surface area contributed by atoms with Crippen LogP contribution in [-0.4, -0.2) is 19.5 Å². The molecule has 56 heavy (non-hydrogen) atoms. The van der Waals surface area contributed by atoms with E-state index in [0.29, 0.717) is 17.5 Å². The van der Waals surface area contributed by atoms with Crippen molar-refractivity contribution in [3.8, 4) is 62.1 Å². The first-order valence-corrected chi connectivity index (χ1v) is 18.8. The summed E-state index contributed by atoms with van der Waals surface area (Å²) in [6, 6.07) is 67.6. The first kappa shape index (κ1) is 31.9. The van der Waals surface area contributed by atoms with E-state index in [-0.39, 0.29) is 0 Å². The summed E-state index contributed by atoms with van der Waals surface area (Å²) in [5.74, 6) is 1.78. The Hall–Kier alpha value is -7.63. The maximum Gasteiger partial charge on any atom is 0.164 e. The third-order valence-corrected chi connectivity index (χ3v) is 10.6. The molecule has 0 saturated carbocycles. The Morgan fingerprint density at radius 1 is 0.339 bits per heavy atom. The second kappa shape index (κ2) is 13.0. The zero-order chi connectivity index (χ0) is 37.0. The average molecular weight is 717 g/mol. The van der Waals surface area contributed by atoms with Crippen LogP contribution >= 0.6 is 0 Å². The van der Waals surface area contributed by atoms with Crippen molar-refractivity contribution in [2.75, 3.05) is 0 Å². The lowest BCUT2D eigenvalue weighted by atomic mass is 9.94. The third-order valence-electron chi connectivity index (χ3n) is 10.6. The van der Waals surface area contributed by atoms with Gasteiger partial charge >= 0.3 is 0 Å². The maximum absolute atomic E-state index is 6.27. The minimum atomic E-state index is 0.582. The predicted molar refractivity (Wildman–Crippen MR) is 229 cm³/mol. The molecule has 0 spiro atoms. The molecular formula is C51H32N4O. The van der Waals surface area contributed by atoms with Gasteiger partial charge in [0.1, 0.15) is 11.2 Å². The summed E-state index contributed by atoms with van der Waals surface area (Å²) in [5.41, 5.74) is 12.3. The molecule has 0 saturated heterocycles. The molecule has 3 heterocycles. The standard InChI is InChI=1S/C51H32N4O/c1-4-15-33(16-5-1)38-30-43(34-17-6-2-7-18-34)48-42-24-10-12-25-44(42)55(45(48)31-38)39-22-14-21-36(29-39)50-52-49(35-19-8-3-9-20-35)53-51(54-50)37-27-28-41-40-23-11-13-26-46(40)56-47(41)32-37/h1-32H. The van der Waals surface area contributed by atoms with Crippen LogP contribution in [0.25, 0.3) is 106 Å². The van der Waals surface area contributed by atoms with Crippen LogP contribution in [0, 0.1) is 0 Å². The largest absolute Gasteiger partial charge is 0.456 e. The molecule has 11 rings (SSSR count). The average Bonchev–Trinajstić information content (AvgIpc) is 3.82. The predicted octanol–water partition coefficient (Wildman–Crippen LogP) is 13.2. The number of furan rings is 1. The maximum atomic E-state index is 6.27. The van der Waals surface area contributed by atoms with Crippen molar-refractivity contribution in [1.82, 2.24) is 19.5 Å². The molecule has 5 heteroatoms. The molecule has 8 aromatic carbocycles. The molecule has 0 aliphatic carbocycles. The van der Waals surface area contributed by atoms with Gasteiger partial charge in [-0.15, -0.1) is 0 Å². The fourth-order valence-electron chi connectivity index (χ4n) is 8.02. The van der Waals surface area contributed by atoms with E-state index in [9.17, 15) is 0 Å². The van der Waals surface area contributed by atoms with Crippen LogP contribution < -0.4 is 0 Å². The van der Waals surface area contributed by atoms with Crippen LogP contribution in [0.4, 0.5) is 0 Å². The minimum absolute atomic E-state index is 0.582. The highest BCUT2D eigenvalue weighted by Crippen LogP contribution is 2.42. The quantitative estimate of drug-likeness (QED) is 0.172. The molecule has 0 atom stereocenters. The summed E-state index contributed by atoms with van der Waals surface area (Å²) in [5, 5.41) is 4.56. The summed E-state index contributed by atoms with van der Waals surface area (Å²) in [7, 11) is 0. The highest BCUT2D eigenvalue weighted by atomic mass is 16.3. The van der Waals surface area contributed by atoms with Crippen molar-refractivity contribution in [2.45, 2.75) is 0 Å². The second-order valence-corrected chi connectivity index (χ2v) is 14.0. The number of hydrogen-bond acceptors (Lipinski definition) is 4. The van der Waals surface area contributed by atoms with Gasteiger partial charge in [-0.3, -0.25) is 0 Å². The lowest BCUT2D eigenvalue weighted by Gasteiger charge is -2.13. The lowest BCUT2D eigenvalue weighted by molar-refractivity contribution is 0.669. The number of aromatic nitrogens is 4. The molecule has 0 amide bonds. The van der Waals surface area contributed by atoms with Gasteiger partial charge in [-0.2, -0.15) is 0 Å². The van der Waals surface area contributed by atoms with E-state index in [4.69, 9.17) is 19.4 Å². The summed E-state index contributed by atoms with van der Waals surface area (Å²) in [6.07, 6.45) is 0. The van der Waals surface area contributed by atoms with Gasteiger partial charge < -0.3 is 8.98 Å². The molecule has 0 bridgehead atoms. The Morgan fingerprint density at radius 2 is 0.911 bits per heavy atom. The van der Waals surface area contributed by atoms with Gasteiger partial charge in [0.25, 0.3) is 0 Å². The van der Waals surface area contributed by atoms with E-state index in [1.165, 1.54) is 27.5 Å². The van der Waals surface area contributed by atoms with E-state index >= 15 is 0 Å². The molecule has 11 aromatic rings. The molecule has 0 radical (unpaired) electrons. The van der Waals surface area contributed by atoms with Crippen LogP contribution in [0.5, 0.6) is 0 Å². The van der Waals surface area contributed by atoms with Crippen molar-refractivity contribution < 1.29 is 4.42 Å². The first-order chi connectivity index (χ1) is 27.7. The molecule has 0 fully saturated rings. The van der Waals surface area contributed by atoms with Crippen LogP contribution in [-0.2, 0) is 0 Å². The minimum Gasteiger partial charge on any atom is -0.456 e. The molecule has 0 N–H and O–H groups in total. The second-order valence-electron chi connectivity index (χ2n) is 14.0. The van der Waals surface area contributed by atoms with Gasteiger partial charge in [0.2, 0.25) is 0 Å². The van der Waals surface area contributed by atoms with Crippen molar-refractivity contribution >= 4 is 43.7 Å². The smallest absolute Gasteiger partial charge is 0.164 e. The zero-order valence-electron chi connectivity index (χ0n) is 30.2. The van der Waals surface area contributed by atoms with E-state index < -0.39 is 0 Å². The number of rotatable bonds is 6. The number of fused-ring (bicyclic) bond motifs is 6. The van der Waals surface area contributed by atoms with Gasteiger partial charge in [-0.25, -0.2) is 15.0 Å². The summed E-state index contributed by atoms with van der Waals surface area (Å²) >= 11 is 0. The van der Waals surface area contributed by atoms with E-state index in [0.717, 1.165) is 60.9 Å². The fraction of sp³-hybridized carbons (Fsp3) is 0. The Kier molecular flexibility index (Phi) is 7.42. The van der Waals surface area contributed by atoms with Crippen LogP contribution in [0.1, 0.15) is 0 Å². The number of benzene rings is 8. The van der Waals surface area contributed by atoms with Crippen LogP contribution in [0.2, 0.25) is 0 Å². The third kappa shape index (κ3) is 5.37. The summed E-state index contributed by atoms with van der Waals surface area (Å²) in [6.45, 7) is 0. The number of nitrogens with zero attached hydrogens (tertiary/aromatic N) is 4. The highest BCUT2D eigenvalue weighted by Gasteiger charge is 2.20. The van der Waals surface area contributed by atoms with E-state index in [1.807, 2.05) is 54.6 Å². The summed E-state index contributed by atoms with van der Waals surface area (Å²) < 4.78 is 8.65. The topological polar surface area (TPSA) is 56.7 Å². The Morgan fingerprint density at radius 3 is 1.66 bits per heavy atom. The number of para-hydroxylation sites is 2. The van der Waals surface area contributed by atoms with E-state index in [2.05, 4.69) is 144 Å². The summed E-state index contributed by atoms with van der Waals surface area (Å²) in [4.78, 5) is 15.3. The molecular weight excluding hydrogens is 685 g/mol. The normalized spacial score (nSPS) is 11.6. The molecule has 3 aromatic heterocycles. The molecule has 5 nitrogen and oxygen atoms in total. The Balaban J connectivity index is 1.12. The lowest BCUT2D eigenvalue weighted by Crippen LogP contribution is -2.01.